The van der Waals surface area contributed by atoms with Gasteiger partial charge in [0.25, 0.3) is 5.91 Å². The molecule has 0 fully saturated rings. The van der Waals surface area contributed by atoms with Gasteiger partial charge >= 0.3 is 5.69 Å². The Hall–Kier alpha value is -2.97. The average molecular weight is 259 g/mol. The van der Waals surface area contributed by atoms with Crippen LogP contribution in [0, 0.1) is 0 Å². The monoisotopic (exact) mass is 259 g/mol. The highest BCUT2D eigenvalue weighted by atomic mass is 16.2. The van der Waals surface area contributed by atoms with Crippen molar-refractivity contribution in [3.05, 3.63) is 41.0 Å². The van der Waals surface area contributed by atoms with Crippen molar-refractivity contribution in [2.24, 2.45) is 7.05 Å². The van der Waals surface area contributed by atoms with Gasteiger partial charge in [-0.25, -0.2) is 14.2 Å². The first-order valence-corrected chi connectivity index (χ1v) is 5.38. The number of aromatic amines is 1. The Bertz CT molecular complexity index is 799. The first-order valence-electron chi connectivity index (χ1n) is 5.38. The van der Waals surface area contributed by atoms with Gasteiger partial charge in [0.05, 0.1) is 5.69 Å². The summed E-state index contributed by atoms with van der Waals surface area (Å²) >= 11 is 0. The van der Waals surface area contributed by atoms with Gasteiger partial charge < -0.3 is 10.3 Å². The highest BCUT2D eigenvalue weighted by Gasteiger charge is 2.17. The molecule has 0 saturated heterocycles. The number of carbonyl (C=O) groups excluding carboxylic acids is 1. The van der Waals surface area contributed by atoms with Crippen LogP contribution in [-0.2, 0) is 7.05 Å². The molecule has 0 aliphatic rings. The van der Waals surface area contributed by atoms with Crippen LogP contribution in [0.2, 0.25) is 0 Å². The van der Waals surface area contributed by atoms with Crippen molar-refractivity contribution in [1.29, 1.82) is 0 Å². The zero-order valence-corrected chi connectivity index (χ0v) is 9.86. The van der Waals surface area contributed by atoms with Crippen molar-refractivity contribution in [1.82, 2.24) is 29.4 Å². The molecule has 9 heteroatoms. The predicted octanol–water partition coefficient (Wildman–Crippen LogP) is -0.597. The second-order valence-corrected chi connectivity index (χ2v) is 3.84. The van der Waals surface area contributed by atoms with Gasteiger partial charge in [-0.3, -0.25) is 4.79 Å². The highest BCUT2D eigenvalue weighted by molar-refractivity contribution is 6.06. The molecule has 96 valence electrons. The van der Waals surface area contributed by atoms with E-state index in [2.05, 4.69) is 25.6 Å². The molecule has 0 atom stereocenters. The largest absolute Gasteiger partial charge is 0.366 e. The van der Waals surface area contributed by atoms with Crippen molar-refractivity contribution in [2.45, 2.75) is 0 Å². The maximum Gasteiger partial charge on any atom is 0.352 e. The van der Waals surface area contributed by atoms with E-state index < -0.39 is 11.6 Å². The van der Waals surface area contributed by atoms with Crippen LogP contribution < -0.4 is 11.0 Å². The fourth-order valence-corrected chi connectivity index (χ4v) is 1.63. The molecule has 3 aromatic heterocycles. The first-order chi connectivity index (χ1) is 9.16. The number of nitrogens with zero attached hydrogens (tertiary/aromatic N) is 5. The Morgan fingerprint density at radius 1 is 1.47 bits per heavy atom. The molecule has 0 saturated carbocycles. The quantitative estimate of drug-likeness (QED) is 0.638. The van der Waals surface area contributed by atoms with E-state index in [0.29, 0.717) is 5.69 Å². The molecule has 0 aliphatic carbocycles. The lowest BCUT2D eigenvalue weighted by molar-refractivity contribution is 0.102. The van der Waals surface area contributed by atoms with E-state index in [9.17, 15) is 9.59 Å². The van der Waals surface area contributed by atoms with E-state index >= 15 is 0 Å². The highest BCUT2D eigenvalue weighted by Crippen LogP contribution is 2.08. The molecule has 3 aromatic rings. The van der Waals surface area contributed by atoms with Gasteiger partial charge in [-0.2, -0.15) is 4.68 Å². The second-order valence-electron chi connectivity index (χ2n) is 3.84. The van der Waals surface area contributed by atoms with E-state index in [1.54, 1.807) is 18.5 Å². The average Bonchev–Trinajstić information content (AvgIpc) is 3.02. The standard InChI is InChI=1S/C10H9N7O2/c1-16-10(19)17-5-12-7(8(17)14-15-16)9(18)13-6-2-3-11-4-6/h2-5,11H,1H3,(H,13,18). The first kappa shape index (κ1) is 11.1. The number of fused-ring (bicyclic) bond motifs is 1. The summed E-state index contributed by atoms with van der Waals surface area (Å²) in [7, 11) is 1.47. The topological polar surface area (TPSA) is 110 Å². The van der Waals surface area contributed by atoms with E-state index in [4.69, 9.17) is 0 Å². The Morgan fingerprint density at radius 2 is 2.32 bits per heavy atom. The number of aromatic nitrogens is 6. The molecular weight excluding hydrogens is 250 g/mol. The summed E-state index contributed by atoms with van der Waals surface area (Å²) in [4.78, 5) is 30.4. The second kappa shape index (κ2) is 4.05. The summed E-state index contributed by atoms with van der Waals surface area (Å²) in [6.07, 6.45) is 4.55. The summed E-state index contributed by atoms with van der Waals surface area (Å²) in [6, 6.07) is 1.70. The van der Waals surface area contributed by atoms with E-state index in [0.717, 1.165) is 4.68 Å². The summed E-state index contributed by atoms with van der Waals surface area (Å²) in [5.74, 6) is -0.454. The predicted molar refractivity (Wildman–Crippen MR) is 64.8 cm³/mol. The summed E-state index contributed by atoms with van der Waals surface area (Å²) in [5.41, 5.74) is 0.351. The van der Waals surface area contributed by atoms with Gasteiger partial charge in [0.2, 0.25) is 0 Å². The molecule has 0 spiro atoms. The number of carbonyl (C=O) groups is 1. The molecule has 2 N–H and O–H groups in total. The molecule has 3 heterocycles. The van der Waals surface area contributed by atoms with Crippen molar-refractivity contribution in [2.75, 3.05) is 5.32 Å². The fourth-order valence-electron chi connectivity index (χ4n) is 1.63. The number of aryl methyl sites for hydroxylation is 1. The van der Waals surface area contributed by atoms with Crippen LogP contribution in [0.4, 0.5) is 5.69 Å². The van der Waals surface area contributed by atoms with E-state index in [-0.39, 0.29) is 11.3 Å². The zero-order chi connectivity index (χ0) is 13.4. The van der Waals surface area contributed by atoms with Crippen LogP contribution >= 0.6 is 0 Å². The zero-order valence-electron chi connectivity index (χ0n) is 9.86. The Kier molecular flexibility index (Phi) is 2.37. The third-order valence-corrected chi connectivity index (χ3v) is 2.57. The van der Waals surface area contributed by atoms with Crippen molar-refractivity contribution in [3.63, 3.8) is 0 Å². The normalized spacial score (nSPS) is 10.8. The summed E-state index contributed by atoms with van der Waals surface area (Å²) in [5, 5.41) is 10.1. The lowest BCUT2D eigenvalue weighted by Gasteiger charge is -2.00. The van der Waals surface area contributed by atoms with Crippen molar-refractivity contribution in [3.8, 4) is 0 Å². The maximum absolute atomic E-state index is 12.0. The fraction of sp³-hybridized carbons (Fsp3) is 0.100. The molecule has 0 unspecified atom stereocenters. The molecule has 0 aromatic carbocycles. The van der Waals surface area contributed by atoms with Gasteiger partial charge in [-0.15, -0.1) is 5.10 Å². The Labute approximate surface area is 105 Å². The summed E-state index contributed by atoms with van der Waals surface area (Å²) < 4.78 is 2.22. The molecule has 19 heavy (non-hydrogen) atoms. The third-order valence-electron chi connectivity index (χ3n) is 2.57. The van der Waals surface area contributed by atoms with Crippen LogP contribution in [-0.4, -0.2) is 35.3 Å². The number of rotatable bonds is 2. The number of anilines is 1. The third kappa shape index (κ3) is 1.76. The molecule has 0 bridgehead atoms. The minimum absolute atomic E-state index is 0.0476. The number of nitrogens with one attached hydrogen (secondary N) is 2. The van der Waals surface area contributed by atoms with Crippen LogP contribution in [0.1, 0.15) is 10.5 Å². The molecular formula is C10H9N7O2. The Morgan fingerprint density at radius 3 is 3.05 bits per heavy atom. The van der Waals surface area contributed by atoms with Crippen LogP contribution in [0.25, 0.3) is 5.65 Å². The van der Waals surface area contributed by atoms with Gasteiger partial charge in [0.1, 0.15) is 6.33 Å². The van der Waals surface area contributed by atoms with Gasteiger partial charge in [0.15, 0.2) is 11.3 Å². The van der Waals surface area contributed by atoms with Crippen molar-refractivity contribution >= 4 is 17.2 Å². The number of hydrogen-bond donors (Lipinski definition) is 2. The van der Waals surface area contributed by atoms with E-state index in [1.165, 1.54) is 17.8 Å². The van der Waals surface area contributed by atoms with Crippen LogP contribution in [0.5, 0.6) is 0 Å². The smallest absolute Gasteiger partial charge is 0.352 e. The van der Waals surface area contributed by atoms with Gasteiger partial charge in [-0.1, -0.05) is 5.21 Å². The van der Waals surface area contributed by atoms with Crippen LogP contribution in [0.3, 0.4) is 0 Å². The molecule has 9 nitrogen and oxygen atoms in total. The number of imidazole rings is 1. The molecule has 3 rings (SSSR count). The molecule has 0 aliphatic heterocycles. The van der Waals surface area contributed by atoms with Crippen molar-refractivity contribution < 1.29 is 4.79 Å². The molecule has 1 amide bonds. The number of H-pyrrole nitrogens is 1. The number of amides is 1. The van der Waals surface area contributed by atoms with E-state index in [1.807, 2.05) is 0 Å². The summed E-state index contributed by atoms with van der Waals surface area (Å²) in [6.45, 7) is 0. The lowest BCUT2D eigenvalue weighted by atomic mass is 10.4. The SMILES string of the molecule is Cn1nnc2c(C(=O)Nc3cc[nH]c3)ncn2c1=O. The number of hydrogen-bond acceptors (Lipinski definition) is 5. The molecule has 0 radical (unpaired) electrons. The Balaban J connectivity index is 2.04. The van der Waals surface area contributed by atoms with Gasteiger partial charge in [-0.05, 0) is 6.07 Å². The lowest BCUT2D eigenvalue weighted by Crippen LogP contribution is -2.27. The van der Waals surface area contributed by atoms with Gasteiger partial charge in [0, 0.05) is 19.4 Å². The minimum atomic E-state index is -0.454. The maximum atomic E-state index is 12.0. The van der Waals surface area contributed by atoms with Crippen LogP contribution in [0.15, 0.2) is 29.6 Å². The minimum Gasteiger partial charge on any atom is -0.366 e.